The number of rotatable bonds is 5. The van der Waals surface area contributed by atoms with Gasteiger partial charge in [0.15, 0.2) is 0 Å². The molecule has 0 radical (unpaired) electrons. The summed E-state index contributed by atoms with van der Waals surface area (Å²) in [5.41, 5.74) is 2.05. The van der Waals surface area contributed by atoms with Gasteiger partial charge in [-0.15, -0.1) is 0 Å². The van der Waals surface area contributed by atoms with Crippen LogP contribution in [0, 0.1) is 0 Å². The van der Waals surface area contributed by atoms with Crippen molar-refractivity contribution in [2.75, 3.05) is 7.11 Å². The summed E-state index contributed by atoms with van der Waals surface area (Å²) >= 11 is 0. The molecular formula is C20H19N3O3. The molecule has 0 bridgehead atoms. The van der Waals surface area contributed by atoms with E-state index in [1.807, 2.05) is 30.3 Å². The van der Waals surface area contributed by atoms with Gasteiger partial charge >= 0.3 is 5.97 Å². The van der Waals surface area contributed by atoms with Crippen molar-refractivity contribution in [1.29, 1.82) is 0 Å². The summed E-state index contributed by atoms with van der Waals surface area (Å²) in [5, 5.41) is 0.648. The van der Waals surface area contributed by atoms with Crippen LogP contribution >= 0.6 is 0 Å². The van der Waals surface area contributed by atoms with Gasteiger partial charge in [0.1, 0.15) is 6.04 Å². The molecule has 6 nitrogen and oxygen atoms in total. The molecule has 6 heteroatoms. The van der Waals surface area contributed by atoms with Crippen LogP contribution in [0.2, 0.25) is 0 Å². The summed E-state index contributed by atoms with van der Waals surface area (Å²) in [6.45, 7) is 1.95. The SMILES string of the molecule is COC(=O)C(C)N(Cc1ccccc1)C(=O)c1ccnc2ccncc12. The largest absolute Gasteiger partial charge is 0.467 e. The van der Waals surface area contributed by atoms with Crippen LogP contribution in [0.5, 0.6) is 0 Å². The molecule has 0 aliphatic carbocycles. The van der Waals surface area contributed by atoms with Crippen LogP contribution in [-0.4, -0.2) is 39.9 Å². The monoisotopic (exact) mass is 349 g/mol. The third kappa shape index (κ3) is 3.54. The van der Waals surface area contributed by atoms with Crippen molar-refractivity contribution in [3.05, 3.63) is 72.2 Å². The van der Waals surface area contributed by atoms with E-state index in [1.54, 1.807) is 37.6 Å². The Kier molecular flexibility index (Phi) is 5.22. The van der Waals surface area contributed by atoms with E-state index in [-0.39, 0.29) is 5.91 Å². The average Bonchev–Trinajstić information content (AvgIpc) is 2.70. The Morgan fingerprint density at radius 1 is 1.12 bits per heavy atom. The Balaban J connectivity index is 2.02. The van der Waals surface area contributed by atoms with Gasteiger partial charge in [0.2, 0.25) is 0 Å². The van der Waals surface area contributed by atoms with E-state index >= 15 is 0 Å². The number of carbonyl (C=O) groups excluding carboxylic acids is 2. The fourth-order valence-electron chi connectivity index (χ4n) is 2.79. The minimum Gasteiger partial charge on any atom is -0.467 e. The molecule has 1 unspecified atom stereocenters. The fourth-order valence-corrected chi connectivity index (χ4v) is 2.79. The summed E-state index contributed by atoms with van der Waals surface area (Å²) in [6, 6.07) is 12.2. The van der Waals surface area contributed by atoms with Crippen LogP contribution in [0.15, 0.2) is 61.1 Å². The molecule has 2 heterocycles. The molecule has 1 atom stereocenters. The van der Waals surface area contributed by atoms with Gasteiger partial charge in [-0.3, -0.25) is 14.8 Å². The van der Waals surface area contributed by atoms with E-state index in [0.717, 1.165) is 5.56 Å². The highest BCUT2D eigenvalue weighted by atomic mass is 16.5. The molecule has 132 valence electrons. The molecule has 0 aliphatic rings. The molecule has 0 fully saturated rings. The Morgan fingerprint density at radius 3 is 2.62 bits per heavy atom. The number of hydrogen-bond donors (Lipinski definition) is 0. The maximum absolute atomic E-state index is 13.3. The standard InChI is InChI=1S/C20H19N3O3/c1-14(20(25)26-2)23(13-15-6-4-3-5-7-15)19(24)16-8-11-22-18-9-10-21-12-17(16)18/h3-12,14H,13H2,1-2H3. The number of pyridine rings is 2. The van der Waals surface area contributed by atoms with Crippen molar-refractivity contribution in [2.24, 2.45) is 0 Å². The van der Waals surface area contributed by atoms with E-state index in [0.29, 0.717) is 23.0 Å². The van der Waals surface area contributed by atoms with Crippen LogP contribution in [0.4, 0.5) is 0 Å². The first-order valence-corrected chi connectivity index (χ1v) is 8.23. The first kappa shape index (κ1) is 17.5. The number of carbonyl (C=O) groups is 2. The quantitative estimate of drug-likeness (QED) is 0.662. The van der Waals surface area contributed by atoms with Crippen molar-refractivity contribution < 1.29 is 14.3 Å². The van der Waals surface area contributed by atoms with Gasteiger partial charge in [-0.05, 0) is 24.6 Å². The number of aromatic nitrogens is 2. The fraction of sp³-hybridized carbons (Fsp3) is 0.200. The van der Waals surface area contributed by atoms with Crippen LogP contribution in [0.25, 0.3) is 10.9 Å². The lowest BCUT2D eigenvalue weighted by molar-refractivity contribution is -0.145. The van der Waals surface area contributed by atoms with Crippen LogP contribution < -0.4 is 0 Å². The van der Waals surface area contributed by atoms with Crippen molar-refractivity contribution in [1.82, 2.24) is 14.9 Å². The molecule has 1 amide bonds. The zero-order valence-electron chi connectivity index (χ0n) is 14.6. The second kappa shape index (κ2) is 7.74. The van der Waals surface area contributed by atoms with E-state index in [9.17, 15) is 9.59 Å². The average molecular weight is 349 g/mol. The molecule has 0 aliphatic heterocycles. The molecule has 2 aromatic heterocycles. The number of esters is 1. The van der Waals surface area contributed by atoms with Gasteiger partial charge in [0.05, 0.1) is 18.2 Å². The maximum Gasteiger partial charge on any atom is 0.328 e. The molecule has 3 aromatic rings. The van der Waals surface area contributed by atoms with E-state index in [2.05, 4.69) is 9.97 Å². The maximum atomic E-state index is 13.3. The third-order valence-corrected chi connectivity index (χ3v) is 4.24. The van der Waals surface area contributed by atoms with Crippen molar-refractivity contribution in [3.8, 4) is 0 Å². The zero-order valence-corrected chi connectivity index (χ0v) is 14.6. The number of benzene rings is 1. The summed E-state index contributed by atoms with van der Waals surface area (Å²) in [4.78, 5) is 35.2. The van der Waals surface area contributed by atoms with Gasteiger partial charge in [-0.1, -0.05) is 30.3 Å². The lowest BCUT2D eigenvalue weighted by atomic mass is 10.1. The third-order valence-electron chi connectivity index (χ3n) is 4.24. The Hall–Kier alpha value is -3.28. The van der Waals surface area contributed by atoms with E-state index in [1.165, 1.54) is 12.0 Å². The lowest BCUT2D eigenvalue weighted by Gasteiger charge is -2.28. The van der Waals surface area contributed by atoms with Gasteiger partial charge in [0, 0.05) is 30.5 Å². The summed E-state index contributed by atoms with van der Waals surface area (Å²) in [6.07, 6.45) is 4.82. The highest BCUT2D eigenvalue weighted by Crippen LogP contribution is 2.20. The second-order valence-electron chi connectivity index (χ2n) is 5.87. The zero-order chi connectivity index (χ0) is 18.5. The minimum atomic E-state index is -0.729. The first-order chi connectivity index (χ1) is 12.6. The molecule has 3 rings (SSSR count). The summed E-state index contributed by atoms with van der Waals surface area (Å²) in [5.74, 6) is -0.738. The van der Waals surface area contributed by atoms with Gasteiger partial charge in [0.25, 0.3) is 5.91 Å². The van der Waals surface area contributed by atoms with Crippen molar-refractivity contribution >= 4 is 22.8 Å². The minimum absolute atomic E-state index is 0.271. The number of methoxy groups -OCH3 is 1. The van der Waals surface area contributed by atoms with Crippen LogP contribution in [0.3, 0.4) is 0 Å². The highest BCUT2D eigenvalue weighted by molar-refractivity contribution is 6.06. The number of hydrogen-bond acceptors (Lipinski definition) is 5. The molecule has 26 heavy (non-hydrogen) atoms. The summed E-state index contributed by atoms with van der Waals surface area (Å²) in [7, 11) is 1.32. The Bertz CT molecular complexity index is 922. The summed E-state index contributed by atoms with van der Waals surface area (Å²) < 4.78 is 4.85. The molecule has 1 aromatic carbocycles. The predicted octanol–water partition coefficient (Wildman–Crippen LogP) is 2.83. The number of fused-ring (bicyclic) bond motifs is 1. The molecule has 0 spiro atoms. The number of amides is 1. The van der Waals surface area contributed by atoms with Gasteiger partial charge in [-0.2, -0.15) is 0 Å². The molecule has 0 saturated heterocycles. The Labute approximate surface area is 151 Å². The second-order valence-corrected chi connectivity index (χ2v) is 5.87. The number of ether oxygens (including phenoxy) is 1. The van der Waals surface area contributed by atoms with Gasteiger partial charge in [-0.25, -0.2) is 4.79 Å². The van der Waals surface area contributed by atoms with Gasteiger partial charge < -0.3 is 9.64 Å². The van der Waals surface area contributed by atoms with E-state index in [4.69, 9.17) is 4.74 Å². The molecule has 0 N–H and O–H groups in total. The predicted molar refractivity (Wildman–Crippen MR) is 97.3 cm³/mol. The first-order valence-electron chi connectivity index (χ1n) is 8.23. The van der Waals surface area contributed by atoms with E-state index < -0.39 is 12.0 Å². The van der Waals surface area contributed by atoms with Crippen LogP contribution in [0.1, 0.15) is 22.8 Å². The van der Waals surface area contributed by atoms with Crippen molar-refractivity contribution in [3.63, 3.8) is 0 Å². The normalized spacial score (nSPS) is 11.8. The number of nitrogens with zero attached hydrogens (tertiary/aromatic N) is 3. The smallest absolute Gasteiger partial charge is 0.328 e. The highest BCUT2D eigenvalue weighted by Gasteiger charge is 2.28. The van der Waals surface area contributed by atoms with Crippen LogP contribution in [-0.2, 0) is 16.1 Å². The Morgan fingerprint density at radius 2 is 1.88 bits per heavy atom. The lowest BCUT2D eigenvalue weighted by Crippen LogP contribution is -2.43. The molecule has 0 saturated carbocycles. The molecular weight excluding hydrogens is 330 g/mol. The van der Waals surface area contributed by atoms with Crippen molar-refractivity contribution in [2.45, 2.75) is 19.5 Å². The topological polar surface area (TPSA) is 72.4 Å².